The second-order valence-electron chi connectivity index (χ2n) is 4.90. The smallest absolute Gasteiger partial charge is 0.152 e. The summed E-state index contributed by atoms with van der Waals surface area (Å²) in [7, 11) is 1.97. The van der Waals surface area contributed by atoms with Crippen molar-refractivity contribution in [1.82, 2.24) is 5.32 Å². The number of fused-ring (bicyclic) bond motifs is 1. The van der Waals surface area contributed by atoms with Crippen LogP contribution < -0.4 is 5.32 Å². The fourth-order valence-corrected chi connectivity index (χ4v) is 2.38. The maximum Gasteiger partial charge on any atom is 0.152 e. The molecule has 1 aromatic heterocycles. The average molecular weight is 266 g/mol. The molecule has 2 aromatic rings. The van der Waals surface area contributed by atoms with Crippen molar-refractivity contribution < 1.29 is 4.42 Å². The summed E-state index contributed by atoms with van der Waals surface area (Å²) in [5.74, 6) is 1.65. The largest absolute Gasteiger partial charge is 0.458 e. The Morgan fingerprint density at radius 1 is 1.39 bits per heavy atom. The molecule has 0 aliphatic rings. The van der Waals surface area contributed by atoms with Crippen LogP contribution in [0, 0.1) is 5.92 Å². The predicted molar refractivity (Wildman–Crippen MR) is 77.1 cm³/mol. The van der Waals surface area contributed by atoms with Crippen LogP contribution in [-0.4, -0.2) is 7.05 Å². The van der Waals surface area contributed by atoms with Gasteiger partial charge in [-0.3, -0.25) is 0 Å². The minimum Gasteiger partial charge on any atom is -0.458 e. The molecule has 1 aromatic carbocycles. The average Bonchev–Trinajstić information content (AvgIpc) is 2.80. The highest BCUT2D eigenvalue weighted by Gasteiger charge is 2.17. The molecule has 98 valence electrons. The molecule has 3 heteroatoms. The summed E-state index contributed by atoms with van der Waals surface area (Å²) >= 11 is 6.14. The van der Waals surface area contributed by atoms with Crippen molar-refractivity contribution in [3.05, 3.63) is 35.0 Å². The van der Waals surface area contributed by atoms with E-state index in [1.165, 1.54) is 6.42 Å². The van der Waals surface area contributed by atoms with E-state index in [0.29, 0.717) is 10.9 Å². The van der Waals surface area contributed by atoms with Gasteiger partial charge in [-0.15, -0.1) is 0 Å². The number of benzene rings is 1. The summed E-state index contributed by atoms with van der Waals surface area (Å²) in [5.41, 5.74) is 0.790. The van der Waals surface area contributed by atoms with Crippen molar-refractivity contribution in [1.29, 1.82) is 0 Å². The molecule has 2 nitrogen and oxygen atoms in total. The molecule has 0 aliphatic carbocycles. The van der Waals surface area contributed by atoms with Gasteiger partial charge < -0.3 is 9.73 Å². The van der Waals surface area contributed by atoms with Crippen molar-refractivity contribution >= 4 is 22.6 Å². The maximum absolute atomic E-state index is 6.14. The third-order valence-corrected chi connectivity index (χ3v) is 3.84. The third kappa shape index (κ3) is 2.70. The molecule has 0 saturated carbocycles. The Morgan fingerprint density at radius 2 is 2.17 bits per heavy atom. The van der Waals surface area contributed by atoms with Crippen LogP contribution in [0.3, 0.4) is 0 Å². The van der Waals surface area contributed by atoms with Gasteiger partial charge in [0, 0.05) is 5.39 Å². The molecule has 2 rings (SSSR count). The summed E-state index contributed by atoms with van der Waals surface area (Å²) in [6.45, 7) is 4.48. The van der Waals surface area contributed by atoms with E-state index in [4.69, 9.17) is 16.0 Å². The Kier molecular flexibility index (Phi) is 4.31. The molecule has 18 heavy (non-hydrogen) atoms. The molecule has 0 amide bonds. The predicted octanol–water partition coefficient (Wildman–Crippen LogP) is 4.78. The lowest BCUT2D eigenvalue weighted by Crippen LogP contribution is -2.18. The van der Waals surface area contributed by atoms with Crippen molar-refractivity contribution in [3.63, 3.8) is 0 Å². The Labute approximate surface area is 113 Å². The summed E-state index contributed by atoms with van der Waals surface area (Å²) < 4.78 is 5.90. The SMILES string of the molecule is CCC(C)CC(NC)c1cc2cccc(Cl)c2o1. The Balaban J connectivity index is 2.31. The van der Waals surface area contributed by atoms with Crippen LogP contribution in [0.25, 0.3) is 11.0 Å². The molecule has 0 saturated heterocycles. The van der Waals surface area contributed by atoms with Gasteiger partial charge in [-0.25, -0.2) is 0 Å². The van der Waals surface area contributed by atoms with Crippen LogP contribution in [0.15, 0.2) is 28.7 Å². The fraction of sp³-hybridized carbons (Fsp3) is 0.467. The normalized spacial score (nSPS) is 14.9. The van der Waals surface area contributed by atoms with Crippen molar-refractivity contribution in [2.24, 2.45) is 5.92 Å². The number of halogens is 1. The number of rotatable bonds is 5. The van der Waals surface area contributed by atoms with Crippen LogP contribution in [0.1, 0.15) is 38.5 Å². The Morgan fingerprint density at radius 3 is 2.78 bits per heavy atom. The second-order valence-corrected chi connectivity index (χ2v) is 5.30. The lowest BCUT2D eigenvalue weighted by Gasteiger charge is -2.17. The van der Waals surface area contributed by atoms with Gasteiger partial charge in [-0.1, -0.05) is 44.0 Å². The molecule has 1 heterocycles. The maximum atomic E-state index is 6.14. The van der Waals surface area contributed by atoms with Gasteiger partial charge in [-0.2, -0.15) is 0 Å². The van der Waals surface area contributed by atoms with E-state index >= 15 is 0 Å². The highest BCUT2D eigenvalue weighted by Crippen LogP contribution is 2.31. The lowest BCUT2D eigenvalue weighted by atomic mass is 9.98. The standard InChI is InChI=1S/C15H20ClNO/c1-4-10(2)8-13(17-3)14-9-11-6-5-7-12(16)15(11)18-14/h5-7,9-10,13,17H,4,8H2,1-3H3. The first-order valence-corrected chi connectivity index (χ1v) is 6.88. The minimum atomic E-state index is 0.253. The minimum absolute atomic E-state index is 0.253. The molecular weight excluding hydrogens is 246 g/mol. The summed E-state index contributed by atoms with van der Waals surface area (Å²) in [6, 6.07) is 8.19. The summed E-state index contributed by atoms with van der Waals surface area (Å²) in [5, 5.41) is 5.08. The monoisotopic (exact) mass is 265 g/mol. The van der Waals surface area contributed by atoms with E-state index in [-0.39, 0.29) is 6.04 Å². The number of hydrogen-bond acceptors (Lipinski definition) is 2. The van der Waals surface area contributed by atoms with Crippen molar-refractivity contribution in [2.45, 2.75) is 32.7 Å². The van der Waals surface area contributed by atoms with Crippen LogP contribution in [-0.2, 0) is 0 Å². The van der Waals surface area contributed by atoms with Crippen LogP contribution in [0.2, 0.25) is 5.02 Å². The second kappa shape index (κ2) is 5.77. The van der Waals surface area contributed by atoms with Gasteiger partial charge in [0.2, 0.25) is 0 Å². The molecule has 0 radical (unpaired) electrons. The third-order valence-electron chi connectivity index (χ3n) is 3.54. The number of hydrogen-bond donors (Lipinski definition) is 1. The molecule has 0 bridgehead atoms. The van der Waals surface area contributed by atoms with E-state index in [9.17, 15) is 0 Å². The first kappa shape index (κ1) is 13.4. The van der Waals surface area contributed by atoms with Crippen LogP contribution >= 0.6 is 11.6 Å². The quantitative estimate of drug-likeness (QED) is 0.841. The van der Waals surface area contributed by atoms with Gasteiger partial charge in [0.15, 0.2) is 5.58 Å². The first-order valence-electron chi connectivity index (χ1n) is 6.51. The number of para-hydroxylation sites is 1. The zero-order chi connectivity index (χ0) is 13.1. The summed E-state index contributed by atoms with van der Waals surface area (Å²) in [6.07, 6.45) is 2.25. The molecule has 2 unspecified atom stereocenters. The molecule has 0 fully saturated rings. The van der Waals surface area contributed by atoms with Crippen molar-refractivity contribution in [3.8, 4) is 0 Å². The molecular formula is C15H20ClNO. The van der Waals surface area contributed by atoms with Gasteiger partial charge in [0.25, 0.3) is 0 Å². The lowest BCUT2D eigenvalue weighted by molar-refractivity contribution is 0.371. The molecule has 2 atom stereocenters. The van der Waals surface area contributed by atoms with E-state index < -0.39 is 0 Å². The highest BCUT2D eigenvalue weighted by molar-refractivity contribution is 6.34. The van der Waals surface area contributed by atoms with Crippen molar-refractivity contribution in [2.75, 3.05) is 7.05 Å². The molecule has 0 aliphatic heterocycles. The van der Waals surface area contributed by atoms with Gasteiger partial charge in [-0.05, 0) is 31.5 Å². The van der Waals surface area contributed by atoms with Gasteiger partial charge >= 0.3 is 0 Å². The van der Waals surface area contributed by atoms with E-state index in [1.807, 2.05) is 25.2 Å². The van der Waals surface area contributed by atoms with E-state index in [0.717, 1.165) is 23.2 Å². The Bertz CT molecular complexity index is 520. The van der Waals surface area contributed by atoms with Crippen LogP contribution in [0.4, 0.5) is 0 Å². The Hall–Kier alpha value is -0.990. The first-order chi connectivity index (χ1) is 8.65. The van der Waals surface area contributed by atoms with Gasteiger partial charge in [0.05, 0.1) is 11.1 Å². The zero-order valence-corrected chi connectivity index (χ0v) is 11.9. The van der Waals surface area contributed by atoms with E-state index in [1.54, 1.807) is 0 Å². The van der Waals surface area contributed by atoms with Crippen LogP contribution in [0.5, 0.6) is 0 Å². The fourth-order valence-electron chi connectivity index (χ4n) is 2.16. The topological polar surface area (TPSA) is 25.2 Å². The zero-order valence-electron chi connectivity index (χ0n) is 11.2. The number of nitrogens with one attached hydrogen (secondary N) is 1. The number of furan rings is 1. The van der Waals surface area contributed by atoms with Gasteiger partial charge in [0.1, 0.15) is 5.76 Å². The van der Waals surface area contributed by atoms with E-state index in [2.05, 4.69) is 25.2 Å². The highest BCUT2D eigenvalue weighted by atomic mass is 35.5. The molecule has 0 spiro atoms. The molecule has 1 N–H and O–H groups in total. The summed E-state index contributed by atoms with van der Waals surface area (Å²) in [4.78, 5) is 0.